The van der Waals surface area contributed by atoms with Crippen LogP contribution in [0, 0.1) is 5.92 Å². The number of ether oxygens (including phenoxy) is 2. The minimum absolute atomic E-state index is 0.628. The van der Waals surface area contributed by atoms with Gasteiger partial charge in [-0.3, -0.25) is 4.99 Å². The van der Waals surface area contributed by atoms with Crippen LogP contribution in [-0.2, 0) is 6.54 Å². The topological polar surface area (TPSA) is 54.9 Å². The Kier molecular flexibility index (Phi) is 8.18. The van der Waals surface area contributed by atoms with Crippen LogP contribution in [-0.4, -0.2) is 33.8 Å². The Balaban J connectivity index is 2.64. The second-order valence-corrected chi connectivity index (χ2v) is 5.14. The second kappa shape index (κ2) is 9.92. The number of hydrogen-bond donors (Lipinski definition) is 2. The van der Waals surface area contributed by atoms with E-state index in [1.54, 1.807) is 21.3 Å². The smallest absolute Gasteiger partial charge is 0.191 e. The van der Waals surface area contributed by atoms with Crippen molar-refractivity contribution < 1.29 is 9.47 Å². The van der Waals surface area contributed by atoms with Crippen LogP contribution in [0.15, 0.2) is 23.2 Å². The SMILES string of the molecule is CCC(CC)CNC(=NC)NCc1cccc(OC)c1OC. The van der Waals surface area contributed by atoms with Gasteiger partial charge in [-0.15, -0.1) is 0 Å². The number of nitrogens with one attached hydrogen (secondary N) is 2. The largest absolute Gasteiger partial charge is 0.493 e. The zero-order valence-electron chi connectivity index (χ0n) is 14.4. The van der Waals surface area contributed by atoms with Crippen LogP contribution in [0.4, 0.5) is 0 Å². The van der Waals surface area contributed by atoms with E-state index in [0.29, 0.717) is 12.5 Å². The molecule has 0 saturated heterocycles. The normalized spacial score (nSPS) is 11.5. The molecule has 0 unspecified atom stereocenters. The van der Waals surface area contributed by atoms with Gasteiger partial charge in [-0.25, -0.2) is 0 Å². The molecule has 1 aromatic carbocycles. The molecule has 5 heteroatoms. The molecule has 0 radical (unpaired) electrons. The molecular formula is C17H29N3O2. The molecule has 2 N–H and O–H groups in total. The quantitative estimate of drug-likeness (QED) is 0.573. The van der Waals surface area contributed by atoms with Crippen molar-refractivity contribution in [1.82, 2.24) is 10.6 Å². The Morgan fingerprint density at radius 1 is 1.14 bits per heavy atom. The summed E-state index contributed by atoms with van der Waals surface area (Å²) in [6, 6.07) is 5.86. The maximum absolute atomic E-state index is 5.44. The first-order valence-corrected chi connectivity index (χ1v) is 7.84. The number of nitrogens with zero attached hydrogens (tertiary/aromatic N) is 1. The predicted octanol–water partition coefficient (Wildman–Crippen LogP) is 2.81. The molecule has 5 nitrogen and oxygen atoms in total. The average Bonchev–Trinajstić information content (AvgIpc) is 2.57. The van der Waals surface area contributed by atoms with Crippen molar-refractivity contribution in [3.63, 3.8) is 0 Å². The maximum atomic E-state index is 5.44. The van der Waals surface area contributed by atoms with Crippen molar-refractivity contribution >= 4 is 5.96 Å². The van der Waals surface area contributed by atoms with Gasteiger partial charge in [-0.05, 0) is 12.0 Å². The first-order valence-electron chi connectivity index (χ1n) is 7.84. The van der Waals surface area contributed by atoms with E-state index in [1.165, 1.54) is 12.8 Å². The van der Waals surface area contributed by atoms with E-state index < -0.39 is 0 Å². The minimum Gasteiger partial charge on any atom is -0.493 e. The van der Waals surface area contributed by atoms with Crippen LogP contribution in [0.1, 0.15) is 32.3 Å². The van der Waals surface area contributed by atoms with Gasteiger partial charge in [0.05, 0.1) is 14.2 Å². The Bertz CT molecular complexity index is 471. The highest BCUT2D eigenvalue weighted by Gasteiger charge is 2.10. The summed E-state index contributed by atoms with van der Waals surface area (Å²) in [5, 5.41) is 6.69. The molecule has 0 atom stereocenters. The highest BCUT2D eigenvalue weighted by atomic mass is 16.5. The van der Waals surface area contributed by atoms with Crippen LogP contribution in [0.25, 0.3) is 0 Å². The molecule has 0 bridgehead atoms. The summed E-state index contributed by atoms with van der Waals surface area (Å²) in [5.41, 5.74) is 1.03. The van der Waals surface area contributed by atoms with Crippen LogP contribution < -0.4 is 20.1 Å². The van der Waals surface area contributed by atoms with Gasteiger partial charge in [0, 0.05) is 25.7 Å². The van der Waals surface area contributed by atoms with Gasteiger partial charge >= 0.3 is 0 Å². The predicted molar refractivity (Wildman–Crippen MR) is 91.8 cm³/mol. The Hall–Kier alpha value is -1.91. The van der Waals surface area contributed by atoms with Gasteiger partial charge < -0.3 is 20.1 Å². The second-order valence-electron chi connectivity index (χ2n) is 5.14. The van der Waals surface area contributed by atoms with E-state index in [4.69, 9.17) is 9.47 Å². The Labute approximate surface area is 134 Å². The average molecular weight is 307 g/mol. The van der Waals surface area contributed by atoms with Crippen LogP contribution in [0.5, 0.6) is 11.5 Å². The maximum Gasteiger partial charge on any atom is 0.191 e. The van der Waals surface area contributed by atoms with Crippen molar-refractivity contribution in [1.29, 1.82) is 0 Å². The standard InChI is InChI=1S/C17H29N3O2/c1-6-13(7-2)11-19-17(18-3)20-12-14-9-8-10-15(21-4)16(14)22-5/h8-10,13H,6-7,11-12H2,1-5H3,(H2,18,19,20). The van der Waals surface area contributed by atoms with Gasteiger partial charge in [-0.1, -0.05) is 38.8 Å². The lowest BCUT2D eigenvalue weighted by Gasteiger charge is -2.18. The molecule has 0 aliphatic heterocycles. The molecule has 0 saturated carbocycles. The fourth-order valence-corrected chi connectivity index (χ4v) is 2.31. The summed E-state index contributed by atoms with van der Waals surface area (Å²) in [5.74, 6) is 2.97. The van der Waals surface area contributed by atoms with Crippen LogP contribution >= 0.6 is 0 Å². The Morgan fingerprint density at radius 2 is 1.86 bits per heavy atom. The van der Waals surface area contributed by atoms with Crippen molar-refractivity contribution in [2.45, 2.75) is 33.2 Å². The molecular weight excluding hydrogens is 278 g/mol. The third kappa shape index (κ3) is 5.13. The highest BCUT2D eigenvalue weighted by Crippen LogP contribution is 2.30. The van der Waals surface area contributed by atoms with Crippen LogP contribution in [0.2, 0.25) is 0 Å². The van der Waals surface area contributed by atoms with Crippen molar-refractivity contribution in [2.75, 3.05) is 27.8 Å². The molecule has 0 aliphatic rings. The summed E-state index contributed by atoms with van der Waals surface area (Å²) >= 11 is 0. The number of guanidine groups is 1. The number of para-hydroxylation sites is 1. The lowest BCUT2D eigenvalue weighted by molar-refractivity contribution is 0.351. The molecule has 22 heavy (non-hydrogen) atoms. The monoisotopic (exact) mass is 307 g/mol. The third-order valence-electron chi connectivity index (χ3n) is 3.87. The van der Waals surface area contributed by atoms with E-state index in [-0.39, 0.29) is 0 Å². The number of aliphatic imine (C=N–C) groups is 1. The number of hydrogen-bond acceptors (Lipinski definition) is 3. The first-order chi connectivity index (χ1) is 10.7. The Morgan fingerprint density at radius 3 is 2.41 bits per heavy atom. The highest BCUT2D eigenvalue weighted by molar-refractivity contribution is 5.79. The molecule has 1 rings (SSSR count). The number of methoxy groups -OCH3 is 2. The first kappa shape index (κ1) is 18.1. The summed E-state index contributed by atoms with van der Waals surface area (Å²) in [6.45, 7) is 5.99. The lowest BCUT2D eigenvalue weighted by atomic mass is 10.0. The molecule has 0 heterocycles. The van der Waals surface area contributed by atoms with E-state index in [1.807, 2.05) is 18.2 Å². The van der Waals surface area contributed by atoms with Gasteiger partial charge in [0.2, 0.25) is 0 Å². The van der Waals surface area contributed by atoms with Crippen molar-refractivity contribution in [2.24, 2.45) is 10.9 Å². The van der Waals surface area contributed by atoms with E-state index in [9.17, 15) is 0 Å². The summed E-state index contributed by atoms with van der Waals surface area (Å²) in [7, 11) is 5.08. The molecule has 124 valence electrons. The summed E-state index contributed by atoms with van der Waals surface area (Å²) in [4.78, 5) is 4.26. The molecule has 1 aromatic rings. The van der Waals surface area contributed by atoms with E-state index >= 15 is 0 Å². The molecule has 0 spiro atoms. The number of benzene rings is 1. The van der Waals surface area contributed by atoms with Crippen molar-refractivity contribution in [3.05, 3.63) is 23.8 Å². The molecule has 0 aromatic heterocycles. The van der Waals surface area contributed by atoms with E-state index in [0.717, 1.165) is 29.6 Å². The molecule has 0 aliphatic carbocycles. The zero-order chi connectivity index (χ0) is 16.4. The molecule has 0 amide bonds. The fraction of sp³-hybridized carbons (Fsp3) is 0.588. The zero-order valence-corrected chi connectivity index (χ0v) is 14.4. The van der Waals surface area contributed by atoms with Crippen molar-refractivity contribution in [3.8, 4) is 11.5 Å². The van der Waals surface area contributed by atoms with E-state index in [2.05, 4.69) is 29.5 Å². The third-order valence-corrected chi connectivity index (χ3v) is 3.87. The molecule has 0 fully saturated rings. The van der Waals surface area contributed by atoms with Gasteiger partial charge in [0.15, 0.2) is 17.5 Å². The van der Waals surface area contributed by atoms with Crippen LogP contribution in [0.3, 0.4) is 0 Å². The lowest BCUT2D eigenvalue weighted by Crippen LogP contribution is -2.39. The summed E-state index contributed by atoms with van der Waals surface area (Å²) in [6.07, 6.45) is 2.34. The van der Waals surface area contributed by atoms with Gasteiger partial charge in [0.25, 0.3) is 0 Å². The fourth-order valence-electron chi connectivity index (χ4n) is 2.31. The van der Waals surface area contributed by atoms with Gasteiger partial charge in [0.1, 0.15) is 0 Å². The van der Waals surface area contributed by atoms with Gasteiger partial charge in [-0.2, -0.15) is 0 Å². The number of rotatable bonds is 8. The minimum atomic E-state index is 0.628. The summed E-state index contributed by atoms with van der Waals surface area (Å²) < 4.78 is 10.8.